The van der Waals surface area contributed by atoms with Crippen LogP contribution in [0.15, 0.2) is 0 Å². The molecule has 0 saturated carbocycles. The fraction of sp³-hybridized carbons (Fsp3) is 1.00. The van der Waals surface area contributed by atoms with Crippen LogP contribution < -0.4 is 0 Å². The molecule has 0 saturated heterocycles. The Hall–Kier alpha value is 0.135. The van der Waals surface area contributed by atoms with Crippen LogP contribution in [0.25, 0.3) is 0 Å². The summed E-state index contributed by atoms with van der Waals surface area (Å²) in [6.07, 6.45) is 0.967. The van der Waals surface area contributed by atoms with Crippen LogP contribution in [0.1, 0.15) is 26.7 Å². The number of rotatable bonds is 4. The Balaban J connectivity index is 3.92. The van der Waals surface area contributed by atoms with Crippen LogP contribution in [0.4, 0.5) is 0 Å². The zero-order valence-corrected chi connectivity index (χ0v) is 6.94. The highest BCUT2D eigenvalue weighted by atomic mass is 32.2. The standard InChI is InChI=1S/C5H11BO3S/c1-3-5(6,4-2)9-10(7)8/h3-4H2,1-2H3,(H,7,8)/p-1. The van der Waals surface area contributed by atoms with E-state index in [0.717, 1.165) is 0 Å². The third-order valence-electron chi connectivity index (χ3n) is 1.43. The molecule has 0 spiro atoms. The minimum absolute atomic E-state index is 0.484. The summed E-state index contributed by atoms with van der Waals surface area (Å²) in [4.78, 5) is 0. The molecule has 3 nitrogen and oxygen atoms in total. The summed E-state index contributed by atoms with van der Waals surface area (Å²) in [6, 6.07) is 0. The van der Waals surface area contributed by atoms with E-state index in [1.807, 2.05) is 0 Å². The second-order valence-corrected chi connectivity index (χ2v) is 2.63. The van der Waals surface area contributed by atoms with Crippen LogP contribution in [-0.2, 0) is 15.5 Å². The van der Waals surface area contributed by atoms with Gasteiger partial charge < -0.3 is 8.74 Å². The fourth-order valence-corrected chi connectivity index (χ4v) is 1.01. The Morgan fingerprint density at radius 3 is 2.10 bits per heavy atom. The number of hydrogen-bond donors (Lipinski definition) is 0. The van der Waals surface area contributed by atoms with Crippen LogP contribution in [0.2, 0.25) is 0 Å². The lowest BCUT2D eigenvalue weighted by Gasteiger charge is -2.27. The van der Waals surface area contributed by atoms with E-state index in [2.05, 4.69) is 4.18 Å². The van der Waals surface area contributed by atoms with Gasteiger partial charge in [-0.25, -0.2) is 4.21 Å². The van der Waals surface area contributed by atoms with Crippen molar-refractivity contribution in [2.75, 3.05) is 0 Å². The van der Waals surface area contributed by atoms with Gasteiger partial charge in [-0.05, 0) is 12.8 Å². The van der Waals surface area contributed by atoms with E-state index in [1.54, 1.807) is 13.8 Å². The Kier molecular flexibility index (Phi) is 4.16. The SMILES string of the molecule is [B]C(CC)(CC)OS(=O)[O-]. The highest BCUT2D eigenvalue weighted by molar-refractivity contribution is 7.74. The van der Waals surface area contributed by atoms with Crippen molar-refractivity contribution in [2.24, 2.45) is 0 Å². The third kappa shape index (κ3) is 3.34. The molecular weight excluding hydrogens is 151 g/mol. The first-order valence-corrected chi connectivity index (χ1v) is 4.11. The molecule has 10 heavy (non-hydrogen) atoms. The van der Waals surface area contributed by atoms with Crippen molar-refractivity contribution in [1.82, 2.24) is 0 Å². The molecule has 0 aromatic carbocycles. The van der Waals surface area contributed by atoms with Gasteiger partial charge in [-0.3, -0.25) is 0 Å². The van der Waals surface area contributed by atoms with E-state index >= 15 is 0 Å². The topological polar surface area (TPSA) is 49.4 Å². The summed E-state index contributed by atoms with van der Waals surface area (Å²) >= 11 is -2.51. The molecule has 5 heteroatoms. The van der Waals surface area contributed by atoms with Gasteiger partial charge in [0.1, 0.15) is 7.85 Å². The normalized spacial score (nSPS) is 15.1. The van der Waals surface area contributed by atoms with E-state index in [-0.39, 0.29) is 0 Å². The monoisotopic (exact) mass is 161 g/mol. The summed E-state index contributed by atoms with van der Waals surface area (Å²) < 4.78 is 24.5. The summed E-state index contributed by atoms with van der Waals surface area (Å²) in [5.74, 6) is 0. The van der Waals surface area contributed by atoms with Gasteiger partial charge >= 0.3 is 0 Å². The average molecular weight is 161 g/mol. The lowest BCUT2D eigenvalue weighted by Crippen LogP contribution is -2.32. The van der Waals surface area contributed by atoms with Crippen LogP contribution in [-0.4, -0.2) is 22.1 Å². The van der Waals surface area contributed by atoms with E-state index in [9.17, 15) is 8.76 Å². The van der Waals surface area contributed by atoms with Gasteiger partial charge in [-0.15, -0.1) is 0 Å². The zero-order chi connectivity index (χ0) is 8.20. The van der Waals surface area contributed by atoms with Crippen LogP contribution >= 0.6 is 0 Å². The van der Waals surface area contributed by atoms with Gasteiger partial charge in [0.25, 0.3) is 0 Å². The zero-order valence-electron chi connectivity index (χ0n) is 6.12. The molecule has 0 heterocycles. The molecule has 0 aliphatic heterocycles. The van der Waals surface area contributed by atoms with Crippen molar-refractivity contribution in [3.05, 3.63) is 0 Å². The molecule has 0 aromatic rings. The van der Waals surface area contributed by atoms with E-state index in [4.69, 9.17) is 7.85 Å². The van der Waals surface area contributed by atoms with E-state index < -0.39 is 16.9 Å². The summed E-state index contributed by atoms with van der Waals surface area (Å²) in [7, 11) is 5.48. The smallest absolute Gasteiger partial charge is 0.115 e. The van der Waals surface area contributed by atoms with Gasteiger partial charge in [0, 0.05) is 5.50 Å². The molecular formula is C5H10BO3S-. The lowest BCUT2D eigenvalue weighted by molar-refractivity contribution is 0.149. The van der Waals surface area contributed by atoms with Gasteiger partial charge in [-0.2, -0.15) is 0 Å². The molecule has 0 N–H and O–H groups in total. The highest BCUT2D eigenvalue weighted by Crippen LogP contribution is 2.16. The molecule has 1 unspecified atom stereocenters. The van der Waals surface area contributed by atoms with Crippen molar-refractivity contribution in [1.29, 1.82) is 0 Å². The number of hydrogen-bond acceptors (Lipinski definition) is 3. The van der Waals surface area contributed by atoms with Crippen LogP contribution in [0.3, 0.4) is 0 Å². The summed E-state index contributed by atoms with van der Waals surface area (Å²) in [5, 5.41) is 0. The predicted molar refractivity (Wildman–Crippen MR) is 39.1 cm³/mol. The molecule has 2 radical (unpaired) electrons. The first-order valence-electron chi connectivity index (χ1n) is 3.11. The lowest BCUT2D eigenvalue weighted by atomic mass is 9.77. The maximum absolute atomic E-state index is 10.0. The second-order valence-electron chi connectivity index (χ2n) is 2.06. The van der Waals surface area contributed by atoms with Crippen LogP contribution in [0.5, 0.6) is 0 Å². The summed E-state index contributed by atoms with van der Waals surface area (Å²) in [6.45, 7) is 3.55. The van der Waals surface area contributed by atoms with Crippen LogP contribution in [0, 0.1) is 0 Å². The maximum Gasteiger partial charge on any atom is 0.115 e. The van der Waals surface area contributed by atoms with Gasteiger partial charge in [-0.1, -0.05) is 13.8 Å². The maximum atomic E-state index is 10.0. The quantitative estimate of drug-likeness (QED) is 0.445. The van der Waals surface area contributed by atoms with Crippen molar-refractivity contribution in [3.63, 3.8) is 0 Å². The summed E-state index contributed by atoms with van der Waals surface area (Å²) in [5.41, 5.74) is -1.01. The minimum Gasteiger partial charge on any atom is -0.750 e. The van der Waals surface area contributed by atoms with E-state index in [1.165, 1.54) is 0 Å². The molecule has 1 atom stereocenters. The van der Waals surface area contributed by atoms with Gasteiger partial charge in [0.2, 0.25) is 0 Å². The Labute approximate surface area is 65.1 Å². The van der Waals surface area contributed by atoms with E-state index in [0.29, 0.717) is 12.8 Å². The fourth-order valence-electron chi connectivity index (χ4n) is 0.503. The largest absolute Gasteiger partial charge is 0.750 e. The first-order chi connectivity index (χ1) is 4.54. The van der Waals surface area contributed by atoms with Crippen molar-refractivity contribution >= 4 is 19.2 Å². The molecule has 58 valence electrons. The Morgan fingerprint density at radius 1 is 1.60 bits per heavy atom. The average Bonchev–Trinajstić information content (AvgIpc) is 1.87. The Morgan fingerprint density at radius 2 is 2.00 bits per heavy atom. The molecule has 0 rings (SSSR count). The van der Waals surface area contributed by atoms with Crippen molar-refractivity contribution < 1.29 is 12.9 Å². The van der Waals surface area contributed by atoms with Gasteiger partial charge in [0.15, 0.2) is 0 Å². The van der Waals surface area contributed by atoms with Crippen molar-refractivity contribution in [2.45, 2.75) is 32.2 Å². The minimum atomic E-state index is -2.51. The predicted octanol–water partition coefficient (Wildman–Crippen LogP) is 0.482. The molecule has 0 fully saturated rings. The van der Waals surface area contributed by atoms with Gasteiger partial charge in [0.05, 0.1) is 11.4 Å². The first kappa shape index (κ1) is 10.1. The highest BCUT2D eigenvalue weighted by Gasteiger charge is 2.19. The molecule has 0 bridgehead atoms. The molecule has 0 aliphatic carbocycles. The molecule has 0 aromatic heterocycles. The van der Waals surface area contributed by atoms with Crippen molar-refractivity contribution in [3.8, 4) is 0 Å². The molecule has 0 amide bonds. The molecule has 0 aliphatic rings. The third-order valence-corrected chi connectivity index (χ3v) is 1.90. The Bertz CT molecular complexity index is 124. The second kappa shape index (κ2) is 4.11.